The van der Waals surface area contributed by atoms with Crippen molar-refractivity contribution in [1.82, 2.24) is 0 Å². The third-order valence-electron chi connectivity index (χ3n) is 8.83. The highest BCUT2D eigenvalue weighted by atomic mass is 16.6. The first kappa shape index (κ1) is 23.7. The lowest BCUT2D eigenvalue weighted by Gasteiger charge is -2.60. The number of esters is 2. The zero-order valence-corrected chi connectivity index (χ0v) is 19.8. The maximum atomic E-state index is 12.2. The maximum absolute atomic E-state index is 12.2. The van der Waals surface area contributed by atoms with Crippen LogP contribution < -0.4 is 0 Å². The molecule has 4 aliphatic rings. The highest BCUT2D eigenvalue weighted by Crippen LogP contribution is 2.63. The van der Waals surface area contributed by atoms with Crippen molar-refractivity contribution in [3.05, 3.63) is 11.1 Å². The minimum Gasteiger partial charge on any atom is -0.458 e. The molecule has 0 radical (unpaired) electrons. The van der Waals surface area contributed by atoms with Gasteiger partial charge in [0.2, 0.25) is 0 Å². The van der Waals surface area contributed by atoms with Crippen LogP contribution in [-0.2, 0) is 23.8 Å². The monoisotopic (exact) mass is 452 g/mol. The fourth-order valence-electron chi connectivity index (χ4n) is 7.19. The van der Waals surface area contributed by atoms with E-state index in [1.54, 1.807) is 0 Å². The maximum Gasteiger partial charge on any atom is 0.303 e. The Morgan fingerprint density at radius 2 is 1.66 bits per heavy atom. The molecule has 4 rings (SSSR count). The molecular formula is C24H36O8. The zero-order chi connectivity index (χ0) is 23.8. The van der Waals surface area contributed by atoms with E-state index < -0.39 is 64.8 Å². The second kappa shape index (κ2) is 7.52. The molecule has 3 aliphatic carbocycles. The van der Waals surface area contributed by atoms with Crippen LogP contribution in [0.4, 0.5) is 0 Å². The molecular weight excluding hydrogens is 416 g/mol. The second-order valence-electron chi connectivity index (χ2n) is 11.0. The van der Waals surface area contributed by atoms with Crippen LogP contribution in [0, 0.1) is 22.7 Å². The minimum absolute atomic E-state index is 0.304. The Morgan fingerprint density at radius 3 is 2.19 bits per heavy atom. The van der Waals surface area contributed by atoms with Crippen molar-refractivity contribution < 1.29 is 39.1 Å². The van der Waals surface area contributed by atoms with Crippen LogP contribution in [0.25, 0.3) is 0 Å². The molecule has 0 amide bonds. The number of aliphatic hydroxyl groups is 3. The highest BCUT2D eigenvalue weighted by Gasteiger charge is 2.71. The first-order valence-corrected chi connectivity index (χ1v) is 11.5. The van der Waals surface area contributed by atoms with Crippen LogP contribution in [0.3, 0.4) is 0 Å². The molecule has 0 aromatic rings. The van der Waals surface area contributed by atoms with Gasteiger partial charge in [-0.2, -0.15) is 0 Å². The van der Waals surface area contributed by atoms with Crippen molar-refractivity contribution in [3.63, 3.8) is 0 Å². The van der Waals surface area contributed by atoms with Gasteiger partial charge in [0.1, 0.15) is 17.8 Å². The van der Waals surface area contributed by atoms with Gasteiger partial charge in [-0.1, -0.05) is 20.8 Å². The number of carbonyl (C=O) groups excluding carboxylic acids is 2. The number of carbonyl (C=O) groups is 2. The second-order valence-corrected chi connectivity index (χ2v) is 11.0. The summed E-state index contributed by atoms with van der Waals surface area (Å²) >= 11 is 0. The molecule has 0 aromatic heterocycles. The van der Waals surface area contributed by atoms with E-state index in [1.807, 2.05) is 27.7 Å². The van der Waals surface area contributed by atoms with Gasteiger partial charge in [0.25, 0.3) is 0 Å². The number of fused-ring (bicyclic) bond motifs is 4. The van der Waals surface area contributed by atoms with Crippen LogP contribution in [0.5, 0.6) is 0 Å². The Labute approximate surface area is 188 Å². The van der Waals surface area contributed by atoms with Gasteiger partial charge in [-0.05, 0) is 48.7 Å². The van der Waals surface area contributed by atoms with E-state index in [4.69, 9.17) is 14.2 Å². The molecule has 0 unspecified atom stereocenters. The molecule has 2 bridgehead atoms. The topological polar surface area (TPSA) is 126 Å². The van der Waals surface area contributed by atoms with Crippen LogP contribution in [0.1, 0.15) is 60.8 Å². The lowest BCUT2D eigenvalue weighted by Crippen LogP contribution is -2.67. The van der Waals surface area contributed by atoms with Crippen molar-refractivity contribution in [2.45, 2.75) is 96.9 Å². The molecule has 1 spiro atoms. The zero-order valence-electron chi connectivity index (χ0n) is 19.8. The SMILES string of the molecule is CC(=O)O[C@H]1C[C@H]2[C@@H](O)[C@H]3[C@@](C)(CC[C@H](O)[C@@]34CO4)[C@@H](O)[C@H](OC(C)=O)C(=C1C)C2(C)C. The number of aliphatic hydroxyl groups excluding tert-OH is 3. The largest absolute Gasteiger partial charge is 0.458 e. The van der Waals surface area contributed by atoms with Gasteiger partial charge in [0.15, 0.2) is 6.10 Å². The Balaban J connectivity index is 1.94. The van der Waals surface area contributed by atoms with Crippen molar-refractivity contribution in [3.8, 4) is 0 Å². The summed E-state index contributed by atoms with van der Waals surface area (Å²) in [5.41, 5.74) is -1.02. The van der Waals surface area contributed by atoms with Crippen molar-refractivity contribution >= 4 is 11.9 Å². The van der Waals surface area contributed by atoms with E-state index in [1.165, 1.54) is 13.8 Å². The van der Waals surface area contributed by atoms with Crippen LogP contribution >= 0.6 is 0 Å². The van der Waals surface area contributed by atoms with Crippen molar-refractivity contribution in [1.29, 1.82) is 0 Å². The minimum atomic E-state index is -1.14. The van der Waals surface area contributed by atoms with E-state index >= 15 is 0 Å². The first-order chi connectivity index (χ1) is 14.8. The van der Waals surface area contributed by atoms with E-state index in [-0.39, 0.29) is 5.92 Å². The van der Waals surface area contributed by atoms with Crippen molar-refractivity contribution in [2.24, 2.45) is 22.7 Å². The molecule has 3 fully saturated rings. The molecule has 2 saturated carbocycles. The molecule has 3 N–H and O–H groups in total. The van der Waals surface area contributed by atoms with Crippen molar-refractivity contribution in [2.75, 3.05) is 6.61 Å². The van der Waals surface area contributed by atoms with E-state index in [2.05, 4.69) is 0 Å². The molecule has 1 saturated heterocycles. The van der Waals surface area contributed by atoms with Gasteiger partial charge in [-0.25, -0.2) is 0 Å². The summed E-state index contributed by atoms with van der Waals surface area (Å²) < 4.78 is 17.2. The Hall–Kier alpha value is -1.48. The molecule has 1 heterocycles. The number of hydrogen-bond donors (Lipinski definition) is 3. The Bertz CT molecular complexity index is 843. The lowest BCUT2D eigenvalue weighted by atomic mass is 9.48. The van der Waals surface area contributed by atoms with Gasteiger partial charge in [-0.15, -0.1) is 0 Å². The first-order valence-electron chi connectivity index (χ1n) is 11.5. The van der Waals surface area contributed by atoms with E-state index in [0.717, 1.165) is 5.57 Å². The van der Waals surface area contributed by atoms with Gasteiger partial charge in [0, 0.05) is 25.2 Å². The predicted molar refractivity (Wildman–Crippen MR) is 113 cm³/mol. The average Bonchev–Trinajstić information content (AvgIpc) is 3.45. The summed E-state index contributed by atoms with van der Waals surface area (Å²) in [6, 6.07) is 0. The average molecular weight is 453 g/mol. The predicted octanol–water partition coefficient (Wildman–Crippen LogP) is 1.49. The fraction of sp³-hybridized carbons (Fsp3) is 0.833. The van der Waals surface area contributed by atoms with Gasteiger partial charge in [-0.3, -0.25) is 9.59 Å². The molecule has 180 valence electrons. The number of epoxide rings is 1. The van der Waals surface area contributed by atoms with Gasteiger partial charge < -0.3 is 29.5 Å². The summed E-state index contributed by atoms with van der Waals surface area (Å²) in [5.74, 6) is -1.91. The lowest BCUT2D eigenvalue weighted by molar-refractivity contribution is -0.209. The number of rotatable bonds is 2. The third-order valence-corrected chi connectivity index (χ3v) is 8.83. The third kappa shape index (κ3) is 3.25. The Morgan fingerprint density at radius 1 is 1.06 bits per heavy atom. The Kier molecular flexibility index (Phi) is 5.56. The summed E-state index contributed by atoms with van der Waals surface area (Å²) in [5, 5.41) is 34.5. The summed E-state index contributed by atoms with van der Waals surface area (Å²) in [7, 11) is 0. The van der Waals surface area contributed by atoms with E-state index in [0.29, 0.717) is 31.4 Å². The quantitative estimate of drug-likeness (QED) is 0.327. The van der Waals surface area contributed by atoms with Crippen LogP contribution in [-0.4, -0.2) is 70.0 Å². The number of ether oxygens (including phenoxy) is 3. The molecule has 9 atom stereocenters. The fourth-order valence-corrected chi connectivity index (χ4v) is 7.19. The normalized spacial score (nSPS) is 47.2. The molecule has 32 heavy (non-hydrogen) atoms. The summed E-state index contributed by atoms with van der Waals surface area (Å²) in [6.45, 7) is 10.6. The van der Waals surface area contributed by atoms with Gasteiger partial charge >= 0.3 is 11.9 Å². The molecule has 8 nitrogen and oxygen atoms in total. The van der Waals surface area contributed by atoms with Gasteiger partial charge in [0.05, 0.1) is 18.8 Å². The van der Waals surface area contributed by atoms with Crippen LogP contribution in [0.15, 0.2) is 11.1 Å². The smallest absolute Gasteiger partial charge is 0.303 e. The van der Waals surface area contributed by atoms with Crippen LogP contribution in [0.2, 0.25) is 0 Å². The molecule has 1 aliphatic heterocycles. The standard InChI is InChI=1S/C24H36O8/c1-11-15(31-12(2)25)9-14-18(28)20-23(6,8-7-16(27)24(20)10-30-24)21(29)19(32-13(3)26)17(11)22(14,4)5/h14-16,18-21,27-29H,7-10H2,1-6H3/t14-,15-,16-,18+,19+,20-,21-,23+,24-/m0/s1. The summed E-state index contributed by atoms with van der Waals surface area (Å²) in [4.78, 5) is 24.0. The molecule has 8 heteroatoms. The molecule has 0 aromatic carbocycles. The number of hydrogen-bond acceptors (Lipinski definition) is 8. The van der Waals surface area contributed by atoms with E-state index in [9.17, 15) is 24.9 Å². The highest BCUT2D eigenvalue weighted by molar-refractivity contribution is 5.67. The summed E-state index contributed by atoms with van der Waals surface area (Å²) in [6.07, 6.45) is -3.11.